The van der Waals surface area contributed by atoms with Gasteiger partial charge in [-0.15, -0.1) is 0 Å². The second kappa shape index (κ2) is 7.78. The third kappa shape index (κ3) is 5.74. The Morgan fingerprint density at radius 2 is 1.89 bits per heavy atom. The number of carbonyl (C=O) groups is 2. The molecule has 0 fully saturated rings. The molecule has 0 bridgehead atoms. The summed E-state index contributed by atoms with van der Waals surface area (Å²) in [4.78, 5) is 22.9. The second-order valence-corrected chi connectivity index (χ2v) is 5.00. The molecule has 0 aliphatic rings. The molecule has 0 spiro atoms. The summed E-state index contributed by atoms with van der Waals surface area (Å²) in [5.41, 5.74) is 4.66. The summed E-state index contributed by atoms with van der Waals surface area (Å²) in [5.74, 6) is -0.154. The molecular formula is C13H17BrN2O3. The average Bonchev–Trinajstić information content (AvgIpc) is 2.43. The molecule has 1 atom stereocenters. The highest BCUT2D eigenvalue weighted by atomic mass is 79.9. The molecule has 0 aromatic heterocycles. The van der Waals surface area contributed by atoms with Crippen LogP contribution in [0.4, 0.5) is 0 Å². The minimum atomic E-state index is -0.403. The lowest BCUT2D eigenvalue weighted by Gasteiger charge is -2.11. The number of rotatable bonds is 5. The van der Waals surface area contributed by atoms with Crippen molar-refractivity contribution in [3.05, 3.63) is 28.7 Å². The Kier molecular flexibility index (Phi) is 6.35. The Labute approximate surface area is 120 Å². The molecule has 2 N–H and O–H groups in total. The van der Waals surface area contributed by atoms with E-state index in [0.29, 0.717) is 5.75 Å². The predicted molar refractivity (Wildman–Crippen MR) is 75.4 cm³/mol. The van der Waals surface area contributed by atoms with Crippen molar-refractivity contribution in [2.75, 3.05) is 6.61 Å². The Morgan fingerprint density at radius 1 is 1.26 bits per heavy atom. The number of benzene rings is 1. The molecule has 1 unspecified atom stereocenters. The van der Waals surface area contributed by atoms with Crippen LogP contribution in [0, 0.1) is 5.92 Å². The molecular weight excluding hydrogens is 312 g/mol. The number of amides is 2. The smallest absolute Gasteiger partial charge is 0.276 e. The number of hydrazine groups is 1. The maximum atomic E-state index is 11.4. The molecule has 0 saturated carbocycles. The lowest BCUT2D eigenvalue weighted by molar-refractivity contribution is -0.131. The number of carbonyl (C=O) groups excluding carboxylic acids is 2. The van der Waals surface area contributed by atoms with Gasteiger partial charge in [-0.1, -0.05) is 29.8 Å². The molecule has 0 aliphatic carbocycles. The lowest BCUT2D eigenvalue weighted by Crippen LogP contribution is -2.45. The van der Waals surface area contributed by atoms with Crippen LogP contribution in [0.15, 0.2) is 28.7 Å². The van der Waals surface area contributed by atoms with Gasteiger partial charge in [-0.25, -0.2) is 0 Å². The van der Waals surface area contributed by atoms with E-state index in [0.717, 1.165) is 10.9 Å². The van der Waals surface area contributed by atoms with Gasteiger partial charge in [0.1, 0.15) is 5.75 Å². The topological polar surface area (TPSA) is 67.4 Å². The molecule has 0 heterocycles. The molecule has 1 aromatic rings. The summed E-state index contributed by atoms with van der Waals surface area (Å²) >= 11 is 3.30. The third-order valence-corrected chi connectivity index (χ3v) is 3.10. The van der Waals surface area contributed by atoms with E-state index in [1.54, 1.807) is 19.1 Å². The summed E-state index contributed by atoms with van der Waals surface area (Å²) < 4.78 is 6.19. The average molecular weight is 329 g/mol. The van der Waals surface area contributed by atoms with Crippen molar-refractivity contribution in [3.8, 4) is 5.75 Å². The van der Waals surface area contributed by atoms with Gasteiger partial charge < -0.3 is 4.74 Å². The summed E-state index contributed by atoms with van der Waals surface area (Å²) in [6.45, 7) is 3.55. The number of halogens is 1. The number of hydrogen-bond donors (Lipinski definition) is 2. The van der Waals surface area contributed by atoms with E-state index in [9.17, 15) is 9.59 Å². The van der Waals surface area contributed by atoms with Gasteiger partial charge in [0.25, 0.3) is 5.91 Å². The summed E-state index contributed by atoms with van der Waals surface area (Å²) in [5, 5.41) is 0. The summed E-state index contributed by atoms with van der Waals surface area (Å²) in [6.07, 6.45) is 0.719. The monoisotopic (exact) mass is 328 g/mol. The van der Waals surface area contributed by atoms with Crippen molar-refractivity contribution in [2.24, 2.45) is 5.92 Å². The van der Waals surface area contributed by atoms with Crippen molar-refractivity contribution >= 4 is 27.7 Å². The van der Waals surface area contributed by atoms with Crippen LogP contribution in [-0.2, 0) is 9.59 Å². The van der Waals surface area contributed by atoms with Crippen LogP contribution in [0.5, 0.6) is 5.75 Å². The number of ether oxygens (including phenoxy) is 1. The van der Waals surface area contributed by atoms with Crippen LogP contribution in [0.25, 0.3) is 0 Å². The largest absolute Gasteiger partial charge is 0.484 e. The third-order valence-electron chi connectivity index (χ3n) is 2.57. The molecule has 0 aliphatic heterocycles. The maximum absolute atomic E-state index is 11.4. The van der Waals surface area contributed by atoms with E-state index in [2.05, 4.69) is 26.8 Å². The normalized spacial score (nSPS) is 11.5. The van der Waals surface area contributed by atoms with E-state index in [-0.39, 0.29) is 18.4 Å². The molecule has 104 valence electrons. The second-order valence-electron chi connectivity index (χ2n) is 4.09. The van der Waals surface area contributed by atoms with Crippen molar-refractivity contribution in [1.82, 2.24) is 10.9 Å². The van der Waals surface area contributed by atoms with Crippen LogP contribution in [0.2, 0.25) is 0 Å². The molecule has 2 amide bonds. The Morgan fingerprint density at radius 3 is 2.47 bits per heavy atom. The van der Waals surface area contributed by atoms with Crippen LogP contribution in [-0.4, -0.2) is 18.4 Å². The number of hydrogen-bond acceptors (Lipinski definition) is 3. The van der Waals surface area contributed by atoms with Crippen molar-refractivity contribution in [3.63, 3.8) is 0 Å². The zero-order valence-electron chi connectivity index (χ0n) is 10.9. The lowest BCUT2D eigenvalue weighted by atomic mass is 10.1. The molecule has 1 aromatic carbocycles. The number of nitrogens with one attached hydrogen (secondary N) is 2. The molecule has 19 heavy (non-hydrogen) atoms. The van der Waals surface area contributed by atoms with E-state index in [1.165, 1.54) is 0 Å². The maximum Gasteiger partial charge on any atom is 0.276 e. The first-order valence-electron chi connectivity index (χ1n) is 6.00. The molecule has 5 nitrogen and oxygen atoms in total. The highest BCUT2D eigenvalue weighted by Crippen LogP contribution is 2.15. The van der Waals surface area contributed by atoms with Crippen LogP contribution >= 0.6 is 15.9 Å². The van der Waals surface area contributed by atoms with Crippen LogP contribution in [0.1, 0.15) is 20.3 Å². The molecule has 6 heteroatoms. The summed E-state index contributed by atoms with van der Waals surface area (Å²) in [6, 6.07) is 7.13. The minimum absolute atomic E-state index is 0.132. The highest BCUT2D eigenvalue weighted by Gasteiger charge is 2.11. The zero-order valence-corrected chi connectivity index (χ0v) is 12.5. The van der Waals surface area contributed by atoms with Crippen LogP contribution in [0.3, 0.4) is 0 Å². The first kappa shape index (κ1) is 15.5. The van der Waals surface area contributed by atoms with Crippen molar-refractivity contribution in [2.45, 2.75) is 20.3 Å². The van der Waals surface area contributed by atoms with Gasteiger partial charge in [0.15, 0.2) is 6.61 Å². The van der Waals surface area contributed by atoms with Gasteiger partial charge in [-0.2, -0.15) is 0 Å². The van der Waals surface area contributed by atoms with E-state index in [4.69, 9.17) is 4.74 Å². The highest BCUT2D eigenvalue weighted by molar-refractivity contribution is 9.10. The molecule has 0 saturated heterocycles. The van der Waals surface area contributed by atoms with E-state index >= 15 is 0 Å². The Hall–Kier alpha value is -1.56. The molecule has 0 radical (unpaired) electrons. The van der Waals surface area contributed by atoms with Gasteiger partial charge in [0.05, 0.1) is 0 Å². The first-order chi connectivity index (χ1) is 9.02. The quantitative estimate of drug-likeness (QED) is 0.812. The first-order valence-corrected chi connectivity index (χ1v) is 6.79. The standard InChI is InChI=1S/C13H17BrN2O3/c1-3-9(2)13(18)16-15-12(17)8-19-11-6-4-10(14)5-7-11/h4-7,9H,3,8H2,1-2H3,(H,15,17)(H,16,18). The Bertz CT molecular complexity index is 434. The molecule has 1 rings (SSSR count). The SMILES string of the molecule is CCC(C)C(=O)NNC(=O)COc1ccc(Br)cc1. The van der Waals surface area contributed by atoms with Gasteiger partial charge in [-0.3, -0.25) is 20.4 Å². The van der Waals surface area contributed by atoms with Gasteiger partial charge in [-0.05, 0) is 30.7 Å². The van der Waals surface area contributed by atoms with E-state index < -0.39 is 5.91 Å². The van der Waals surface area contributed by atoms with Gasteiger partial charge in [0, 0.05) is 10.4 Å². The van der Waals surface area contributed by atoms with E-state index in [1.807, 2.05) is 19.1 Å². The fourth-order valence-corrected chi connectivity index (χ4v) is 1.42. The Balaban J connectivity index is 2.28. The fraction of sp³-hybridized carbons (Fsp3) is 0.385. The minimum Gasteiger partial charge on any atom is -0.484 e. The predicted octanol–water partition coefficient (Wildman–Crippen LogP) is 2.02. The van der Waals surface area contributed by atoms with Crippen molar-refractivity contribution < 1.29 is 14.3 Å². The fourth-order valence-electron chi connectivity index (χ4n) is 1.16. The summed E-state index contributed by atoms with van der Waals surface area (Å²) in [7, 11) is 0. The van der Waals surface area contributed by atoms with Crippen molar-refractivity contribution in [1.29, 1.82) is 0 Å². The van der Waals surface area contributed by atoms with Crippen LogP contribution < -0.4 is 15.6 Å². The van der Waals surface area contributed by atoms with Gasteiger partial charge in [0.2, 0.25) is 5.91 Å². The van der Waals surface area contributed by atoms with Gasteiger partial charge >= 0.3 is 0 Å². The zero-order chi connectivity index (χ0) is 14.3.